The standard InChI is InChI=1S/C54H35NOS/c1-3-13-36(14-4-1)38-23-25-40(26-24-38)53-48(33-34-52-54(53)46-19-9-12-22-51(46)57-52)55(42-30-27-39(28-31-42)37-15-5-2-6-16-37)47-20-10-7-17-43(47)41-29-32-45-44-18-8-11-21-49(44)56-50(45)35-41/h1-35H. The van der Waals surface area contributed by atoms with Gasteiger partial charge in [-0.2, -0.15) is 0 Å². The average molecular weight is 746 g/mol. The van der Waals surface area contributed by atoms with Crippen LogP contribution in [-0.4, -0.2) is 0 Å². The third kappa shape index (κ3) is 5.80. The molecule has 0 spiro atoms. The Morgan fingerprint density at radius 3 is 1.67 bits per heavy atom. The van der Waals surface area contributed by atoms with Crippen molar-refractivity contribution < 1.29 is 4.42 Å². The van der Waals surface area contributed by atoms with Crippen molar-refractivity contribution >= 4 is 70.5 Å². The molecule has 0 saturated carbocycles. The van der Waals surface area contributed by atoms with Crippen LogP contribution in [0.3, 0.4) is 0 Å². The summed E-state index contributed by atoms with van der Waals surface area (Å²) >= 11 is 1.86. The Kier molecular flexibility index (Phi) is 8.04. The lowest BCUT2D eigenvalue weighted by atomic mass is 9.93. The SMILES string of the molecule is c1ccc(-c2ccc(-c3c(N(c4ccc(-c5ccccc5)cc4)c4ccccc4-c4ccc5c(c4)oc4ccccc45)ccc4sc5ccccc5c34)cc2)cc1. The van der Waals surface area contributed by atoms with Crippen molar-refractivity contribution in [3.63, 3.8) is 0 Å². The fraction of sp³-hybridized carbons (Fsp3) is 0. The zero-order valence-electron chi connectivity index (χ0n) is 31.0. The highest BCUT2D eigenvalue weighted by Crippen LogP contribution is 2.50. The van der Waals surface area contributed by atoms with Crippen molar-refractivity contribution in [3.8, 4) is 44.5 Å². The third-order valence-corrected chi connectivity index (χ3v) is 12.2. The van der Waals surface area contributed by atoms with E-state index in [1.807, 2.05) is 23.5 Å². The Morgan fingerprint density at radius 1 is 0.351 bits per heavy atom. The van der Waals surface area contributed by atoms with Gasteiger partial charge in [0, 0.05) is 47.8 Å². The molecule has 0 saturated heterocycles. The molecule has 2 heterocycles. The first-order valence-electron chi connectivity index (χ1n) is 19.3. The molecule has 0 radical (unpaired) electrons. The first-order valence-corrected chi connectivity index (χ1v) is 20.1. The first kappa shape index (κ1) is 33.2. The molecule has 268 valence electrons. The topological polar surface area (TPSA) is 16.4 Å². The van der Waals surface area contributed by atoms with E-state index in [2.05, 4.69) is 205 Å². The van der Waals surface area contributed by atoms with Gasteiger partial charge < -0.3 is 9.32 Å². The number of fused-ring (bicyclic) bond motifs is 6. The van der Waals surface area contributed by atoms with Crippen molar-refractivity contribution in [2.45, 2.75) is 0 Å². The molecule has 11 aromatic rings. The van der Waals surface area contributed by atoms with Crippen LogP contribution in [0.2, 0.25) is 0 Å². The Bertz CT molecular complexity index is 3210. The molecule has 57 heavy (non-hydrogen) atoms. The summed E-state index contributed by atoms with van der Waals surface area (Å²) in [6.07, 6.45) is 0. The van der Waals surface area contributed by atoms with E-state index in [4.69, 9.17) is 4.42 Å². The van der Waals surface area contributed by atoms with Crippen molar-refractivity contribution in [3.05, 3.63) is 212 Å². The molecule has 0 unspecified atom stereocenters. The molecule has 0 aliphatic carbocycles. The monoisotopic (exact) mass is 745 g/mol. The molecule has 0 N–H and O–H groups in total. The number of hydrogen-bond acceptors (Lipinski definition) is 3. The Balaban J connectivity index is 1.17. The van der Waals surface area contributed by atoms with Crippen LogP contribution in [0, 0.1) is 0 Å². The lowest BCUT2D eigenvalue weighted by Gasteiger charge is -2.30. The fourth-order valence-electron chi connectivity index (χ4n) is 8.39. The minimum Gasteiger partial charge on any atom is -0.456 e. The number of para-hydroxylation sites is 2. The van der Waals surface area contributed by atoms with Crippen LogP contribution in [0.15, 0.2) is 217 Å². The second kappa shape index (κ2) is 13.8. The van der Waals surface area contributed by atoms with Gasteiger partial charge in [0.05, 0.1) is 11.4 Å². The summed E-state index contributed by atoms with van der Waals surface area (Å²) in [6, 6.07) is 76.5. The van der Waals surface area contributed by atoms with Crippen LogP contribution in [0.4, 0.5) is 17.1 Å². The van der Waals surface area contributed by atoms with Crippen molar-refractivity contribution in [2.75, 3.05) is 4.90 Å². The summed E-state index contributed by atoms with van der Waals surface area (Å²) in [7, 11) is 0. The summed E-state index contributed by atoms with van der Waals surface area (Å²) in [5.41, 5.74) is 14.4. The van der Waals surface area contributed by atoms with Gasteiger partial charge in [-0.3, -0.25) is 0 Å². The number of hydrogen-bond donors (Lipinski definition) is 0. The van der Waals surface area contributed by atoms with Crippen LogP contribution >= 0.6 is 11.3 Å². The maximum atomic E-state index is 6.43. The van der Waals surface area contributed by atoms with E-state index in [1.54, 1.807) is 0 Å². The number of rotatable bonds is 7. The van der Waals surface area contributed by atoms with Gasteiger partial charge in [0.1, 0.15) is 11.2 Å². The van der Waals surface area contributed by atoms with Gasteiger partial charge in [0.15, 0.2) is 0 Å². The minimum absolute atomic E-state index is 0.882. The third-order valence-electron chi connectivity index (χ3n) is 11.1. The van der Waals surface area contributed by atoms with Gasteiger partial charge in [-0.05, 0) is 88.0 Å². The molecule has 2 aromatic heterocycles. The zero-order chi connectivity index (χ0) is 37.7. The Labute approximate surface area is 335 Å². The highest BCUT2D eigenvalue weighted by molar-refractivity contribution is 7.26. The number of anilines is 3. The summed E-state index contributed by atoms with van der Waals surface area (Å²) in [6.45, 7) is 0. The highest BCUT2D eigenvalue weighted by Gasteiger charge is 2.24. The van der Waals surface area contributed by atoms with Gasteiger partial charge in [-0.1, -0.05) is 158 Å². The van der Waals surface area contributed by atoms with Gasteiger partial charge in [-0.25, -0.2) is 0 Å². The maximum Gasteiger partial charge on any atom is 0.136 e. The van der Waals surface area contributed by atoms with E-state index in [0.29, 0.717) is 0 Å². The maximum absolute atomic E-state index is 6.43. The smallest absolute Gasteiger partial charge is 0.136 e. The molecule has 0 aliphatic rings. The lowest BCUT2D eigenvalue weighted by Crippen LogP contribution is -2.12. The summed E-state index contributed by atoms with van der Waals surface area (Å²) in [5, 5.41) is 4.79. The van der Waals surface area contributed by atoms with E-state index in [9.17, 15) is 0 Å². The summed E-state index contributed by atoms with van der Waals surface area (Å²) < 4.78 is 8.98. The molecule has 3 heteroatoms. The normalized spacial score (nSPS) is 11.5. The van der Waals surface area contributed by atoms with E-state index < -0.39 is 0 Å². The predicted molar refractivity (Wildman–Crippen MR) is 243 cm³/mol. The van der Waals surface area contributed by atoms with Crippen molar-refractivity contribution in [1.82, 2.24) is 0 Å². The molecule has 0 aliphatic heterocycles. The molecule has 0 atom stereocenters. The number of thiophene rings is 1. The molecule has 9 aromatic carbocycles. The average Bonchev–Trinajstić information content (AvgIpc) is 3.86. The van der Waals surface area contributed by atoms with Gasteiger partial charge >= 0.3 is 0 Å². The second-order valence-corrected chi connectivity index (χ2v) is 15.5. The van der Waals surface area contributed by atoms with Crippen molar-refractivity contribution in [1.29, 1.82) is 0 Å². The number of furan rings is 1. The van der Waals surface area contributed by atoms with Crippen LogP contribution in [0.1, 0.15) is 0 Å². The largest absolute Gasteiger partial charge is 0.456 e. The van der Waals surface area contributed by atoms with E-state index in [-0.39, 0.29) is 0 Å². The molecule has 0 fully saturated rings. The van der Waals surface area contributed by atoms with Crippen LogP contribution < -0.4 is 4.90 Å². The summed E-state index contributed by atoms with van der Waals surface area (Å²) in [5.74, 6) is 0. The van der Waals surface area contributed by atoms with Gasteiger partial charge in [-0.15, -0.1) is 11.3 Å². The minimum atomic E-state index is 0.882. The first-order chi connectivity index (χ1) is 28.3. The second-order valence-electron chi connectivity index (χ2n) is 14.4. The molecular weight excluding hydrogens is 711 g/mol. The molecule has 11 rings (SSSR count). The fourth-order valence-corrected chi connectivity index (χ4v) is 9.51. The predicted octanol–water partition coefficient (Wildman–Crippen LogP) is 16.1. The molecule has 0 bridgehead atoms. The number of benzene rings is 9. The van der Waals surface area contributed by atoms with Crippen LogP contribution in [-0.2, 0) is 0 Å². The number of nitrogens with zero attached hydrogens (tertiary/aromatic N) is 1. The van der Waals surface area contributed by atoms with E-state index >= 15 is 0 Å². The zero-order valence-corrected chi connectivity index (χ0v) is 31.8. The summed E-state index contributed by atoms with van der Waals surface area (Å²) in [4.78, 5) is 2.46. The van der Waals surface area contributed by atoms with Crippen molar-refractivity contribution in [2.24, 2.45) is 0 Å². The van der Waals surface area contributed by atoms with E-state index in [0.717, 1.165) is 50.1 Å². The highest BCUT2D eigenvalue weighted by atomic mass is 32.1. The van der Waals surface area contributed by atoms with Crippen LogP contribution in [0.5, 0.6) is 0 Å². The molecular formula is C54H35NOS. The van der Waals surface area contributed by atoms with Crippen LogP contribution in [0.25, 0.3) is 86.6 Å². The van der Waals surface area contributed by atoms with Gasteiger partial charge in [0.25, 0.3) is 0 Å². The molecule has 0 amide bonds. The quantitative estimate of drug-likeness (QED) is 0.162. The Hall–Kier alpha value is -7.20. The van der Waals surface area contributed by atoms with E-state index in [1.165, 1.54) is 53.6 Å². The van der Waals surface area contributed by atoms with Gasteiger partial charge in [0.2, 0.25) is 0 Å². The molecule has 2 nitrogen and oxygen atoms in total. The lowest BCUT2D eigenvalue weighted by molar-refractivity contribution is 0.669. The Morgan fingerprint density at radius 2 is 0.912 bits per heavy atom.